The van der Waals surface area contributed by atoms with Gasteiger partial charge in [0.15, 0.2) is 0 Å². The van der Waals surface area contributed by atoms with Crippen molar-refractivity contribution in [2.24, 2.45) is 0 Å². The third-order valence-electron chi connectivity index (χ3n) is 2.00. The predicted molar refractivity (Wildman–Crippen MR) is 77.5 cm³/mol. The molecular formula is C14H28O7. The van der Waals surface area contributed by atoms with E-state index in [1.54, 1.807) is 20.8 Å². The summed E-state index contributed by atoms with van der Waals surface area (Å²) < 4.78 is 10.5. The van der Waals surface area contributed by atoms with E-state index in [0.29, 0.717) is 18.8 Å². The average molecular weight is 308 g/mol. The van der Waals surface area contributed by atoms with Gasteiger partial charge in [0.1, 0.15) is 0 Å². The molecule has 0 aliphatic carbocycles. The van der Waals surface area contributed by atoms with E-state index in [4.69, 9.17) is 19.7 Å². The summed E-state index contributed by atoms with van der Waals surface area (Å²) in [6, 6.07) is 0. The molecule has 0 bridgehead atoms. The molecule has 0 fully saturated rings. The molecule has 7 nitrogen and oxygen atoms in total. The Morgan fingerprint density at radius 3 is 2.00 bits per heavy atom. The molecule has 126 valence electrons. The van der Waals surface area contributed by atoms with Crippen molar-refractivity contribution >= 4 is 5.97 Å². The van der Waals surface area contributed by atoms with E-state index in [1.807, 2.05) is 6.92 Å². The maximum absolute atomic E-state index is 10.3. The van der Waals surface area contributed by atoms with Gasteiger partial charge in [0, 0.05) is 5.57 Å². The van der Waals surface area contributed by atoms with Crippen molar-refractivity contribution in [1.82, 2.24) is 0 Å². The van der Waals surface area contributed by atoms with Gasteiger partial charge >= 0.3 is 5.97 Å². The lowest BCUT2D eigenvalue weighted by atomic mass is 10.4. The predicted octanol–water partition coefficient (Wildman–Crippen LogP) is 0.837. The topological polar surface area (TPSA) is 94.5 Å². The van der Waals surface area contributed by atoms with Crippen LogP contribution in [0.15, 0.2) is 12.2 Å². The Balaban J connectivity index is 0. The number of aliphatic hydroxyl groups is 2. The van der Waals surface area contributed by atoms with Crippen molar-refractivity contribution in [3.05, 3.63) is 12.2 Å². The van der Waals surface area contributed by atoms with Gasteiger partial charge in [-0.2, -0.15) is 4.89 Å². The zero-order valence-corrected chi connectivity index (χ0v) is 13.5. The number of carbonyl (C=O) groups excluding carboxylic acids is 1. The van der Waals surface area contributed by atoms with Gasteiger partial charge < -0.3 is 19.7 Å². The van der Waals surface area contributed by atoms with Crippen LogP contribution in [0.4, 0.5) is 0 Å². The molecular weight excluding hydrogens is 280 g/mol. The standard InChI is InChI=1S/C9H20O4.C5H8O3/c1-7(11)5-12-9(3)6-13-8(2)4-10;1-4(2)5(6)8-7-3/h7-11H,4-6H2,1-3H3;1H2,2-3H3. The lowest BCUT2D eigenvalue weighted by Gasteiger charge is -2.16. The second-order valence-corrected chi connectivity index (χ2v) is 4.64. The van der Waals surface area contributed by atoms with Crippen molar-refractivity contribution < 1.29 is 34.3 Å². The Morgan fingerprint density at radius 2 is 1.67 bits per heavy atom. The highest BCUT2D eigenvalue weighted by Crippen LogP contribution is 1.97. The van der Waals surface area contributed by atoms with Crippen LogP contribution in [-0.2, 0) is 24.0 Å². The first-order valence-corrected chi connectivity index (χ1v) is 6.67. The summed E-state index contributed by atoms with van der Waals surface area (Å²) in [5, 5.41) is 17.6. The Labute approximate surface area is 126 Å². The van der Waals surface area contributed by atoms with Gasteiger partial charge in [-0.15, -0.1) is 0 Å². The molecule has 0 aliphatic heterocycles. The minimum absolute atomic E-state index is 0.0170. The summed E-state index contributed by atoms with van der Waals surface area (Å²) >= 11 is 0. The van der Waals surface area contributed by atoms with E-state index in [1.165, 1.54) is 7.11 Å². The summed E-state index contributed by atoms with van der Waals surface area (Å²) in [4.78, 5) is 18.4. The second-order valence-electron chi connectivity index (χ2n) is 4.64. The van der Waals surface area contributed by atoms with Crippen LogP contribution in [0.1, 0.15) is 27.7 Å². The molecule has 0 aromatic heterocycles. The quantitative estimate of drug-likeness (QED) is 0.370. The van der Waals surface area contributed by atoms with Crippen molar-refractivity contribution in [1.29, 1.82) is 0 Å². The van der Waals surface area contributed by atoms with Crippen molar-refractivity contribution in [2.75, 3.05) is 26.9 Å². The van der Waals surface area contributed by atoms with E-state index >= 15 is 0 Å². The third-order valence-corrected chi connectivity index (χ3v) is 2.00. The SMILES string of the molecule is C=C(C)C(=O)OOC.CC(O)COC(C)COC(C)CO. The van der Waals surface area contributed by atoms with Crippen molar-refractivity contribution in [2.45, 2.75) is 46.0 Å². The first kappa shape index (κ1) is 22.3. The monoisotopic (exact) mass is 308 g/mol. The summed E-state index contributed by atoms with van der Waals surface area (Å²) in [6.45, 7) is 11.0. The summed E-state index contributed by atoms with van der Waals surface area (Å²) in [7, 11) is 1.26. The molecule has 0 spiro atoms. The highest BCUT2D eigenvalue weighted by Gasteiger charge is 2.07. The van der Waals surface area contributed by atoms with Crippen LogP contribution < -0.4 is 0 Å². The van der Waals surface area contributed by atoms with Crippen LogP contribution in [0.2, 0.25) is 0 Å². The normalized spacial score (nSPS) is 14.4. The van der Waals surface area contributed by atoms with E-state index in [9.17, 15) is 4.79 Å². The van der Waals surface area contributed by atoms with E-state index in [-0.39, 0.29) is 18.8 Å². The molecule has 0 saturated heterocycles. The van der Waals surface area contributed by atoms with Crippen LogP contribution >= 0.6 is 0 Å². The molecule has 21 heavy (non-hydrogen) atoms. The summed E-state index contributed by atoms with van der Waals surface area (Å²) in [5.41, 5.74) is 0.326. The van der Waals surface area contributed by atoms with E-state index in [2.05, 4.69) is 16.4 Å². The summed E-state index contributed by atoms with van der Waals surface area (Å²) in [6.07, 6.45) is -0.654. The third kappa shape index (κ3) is 17.0. The van der Waals surface area contributed by atoms with Crippen LogP contribution in [0.5, 0.6) is 0 Å². The van der Waals surface area contributed by atoms with Gasteiger partial charge in [-0.05, 0) is 27.7 Å². The van der Waals surface area contributed by atoms with Crippen molar-refractivity contribution in [3.63, 3.8) is 0 Å². The molecule has 0 amide bonds. The number of ether oxygens (including phenoxy) is 2. The zero-order chi connectivity index (χ0) is 16.8. The Hall–Kier alpha value is -0.990. The van der Waals surface area contributed by atoms with Gasteiger partial charge in [0.25, 0.3) is 0 Å². The number of rotatable bonds is 9. The fourth-order valence-electron chi connectivity index (χ4n) is 0.851. The lowest BCUT2D eigenvalue weighted by molar-refractivity contribution is -0.250. The van der Waals surface area contributed by atoms with Crippen LogP contribution in [0.25, 0.3) is 0 Å². The number of hydrogen-bond acceptors (Lipinski definition) is 7. The van der Waals surface area contributed by atoms with Crippen LogP contribution in [0, 0.1) is 0 Å². The molecule has 0 rings (SSSR count). The average Bonchev–Trinajstić information content (AvgIpc) is 2.43. The molecule has 0 heterocycles. The minimum Gasteiger partial charge on any atom is -0.394 e. The molecule has 0 saturated carbocycles. The highest BCUT2D eigenvalue weighted by atomic mass is 17.2. The maximum atomic E-state index is 10.3. The molecule has 3 unspecified atom stereocenters. The van der Waals surface area contributed by atoms with Gasteiger partial charge in [0.2, 0.25) is 0 Å². The first-order chi connectivity index (χ1) is 9.74. The number of aliphatic hydroxyl groups excluding tert-OH is 2. The molecule has 0 aromatic carbocycles. The Bertz CT molecular complexity index is 278. The maximum Gasteiger partial charge on any atom is 0.368 e. The lowest BCUT2D eigenvalue weighted by Crippen LogP contribution is -2.24. The van der Waals surface area contributed by atoms with Crippen molar-refractivity contribution in [3.8, 4) is 0 Å². The highest BCUT2D eigenvalue weighted by molar-refractivity contribution is 5.86. The molecule has 0 radical (unpaired) electrons. The number of hydrogen-bond donors (Lipinski definition) is 2. The molecule has 3 atom stereocenters. The Morgan fingerprint density at radius 1 is 1.14 bits per heavy atom. The summed E-state index contributed by atoms with van der Waals surface area (Å²) in [5.74, 6) is -0.535. The second kappa shape index (κ2) is 14.0. The Kier molecular flexibility index (Phi) is 14.8. The smallest absolute Gasteiger partial charge is 0.368 e. The van der Waals surface area contributed by atoms with Crippen LogP contribution in [-0.4, -0.2) is 61.4 Å². The fourth-order valence-corrected chi connectivity index (χ4v) is 0.851. The van der Waals surface area contributed by atoms with Gasteiger partial charge in [-0.25, -0.2) is 4.79 Å². The van der Waals surface area contributed by atoms with Gasteiger partial charge in [-0.3, -0.25) is 4.89 Å². The largest absolute Gasteiger partial charge is 0.394 e. The van der Waals surface area contributed by atoms with Gasteiger partial charge in [0.05, 0.1) is 45.2 Å². The zero-order valence-electron chi connectivity index (χ0n) is 13.5. The number of carbonyl (C=O) groups is 1. The van der Waals surface area contributed by atoms with Crippen LogP contribution in [0.3, 0.4) is 0 Å². The molecule has 7 heteroatoms. The first-order valence-electron chi connectivity index (χ1n) is 6.67. The minimum atomic E-state index is -0.535. The van der Waals surface area contributed by atoms with E-state index in [0.717, 1.165) is 0 Å². The van der Waals surface area contributed by atoms with E-state index < -0.39 is 12.1 Å². The molecule has 0 aliphatic rings. The fraction of sp³-hybridized carbons (Fsp3) is 0.786. The van der Waals surface area contributed by atoms with Gasteiger partial charge in [-0.1, -0.05) is 6.58 Å². The molecule has 0 aromatic rings. The molecule has 2 N–H and O–H groups in total.